The van der Waals surface area contributed by atoms with Gasteiger partial charge in [-0.25, -0.2) is 0 Å². The van der Waals surface area contributed by atoms with Gasteiger partial charge in [0.05, 0.1) is 0 Å². The normalized spacial score (nSPS) is 15.4. The highest BCUT2D eigenvalue weighted by molar-refractivity contribution is 6.17. The van der Waals surface area contributed by atoms with E-state index in [1.807, 2.05) is 37.3 Å². The molecule has 21 heavy (non-hydrogen) atoms. The van der Waals surface area contributed by atoms with Crippen LogP contribution >= 0.6 is 11.6 Å². The molecule has 0 bridgehead atoms. The first-order valence-electron chi connectivity index (χ1n) is 7.13. The second-order valence-electron chi connectivity index (χ2n) is 6.11. The average Bonchev–Trinajstić information content (AvgIpc) is 2.74. The Morgan fingerprint density at radius 3 is 2.76 bits per heavy atom. The van der Waals surface area contributed by atoms with Crippen molar-refractivity contribution in [1.29, 1.82) is 0 Å². The third kappa shape index (κ3) is 2.86. The molecule has 3 heteroatoms. The summed E-state index contributed by atoms with van der Waals surface area (Å²) in [6.07, 6.45) is 0.906. The van der Waals surface area contributed by atoms with Gasteiger partial charge in [-0.05, 0) is 50.1 Å². The fourth-order valence-corrected chi connectivity index (χ4v) is 2.98. The Hall–Kier alpha value is -1.67. The lowest BCUT2D eigenvalue weighted by atomic mass is 10.0. The molecule has 0 atom stereocenters. The number of halogens is 1. The SMILES string of the molecule is Cc1cc(Oc2cccc3c2OC(C)(C)C3)ccc1CCl. The topological polar surface area (TPSA) is 18.5 Å². The van der Waals surface area contributed by atoms with Crippen molar-refractivity contribution in [3.8, 4) is 17.2 Å². The van der Waals surface area contributed by atoms with E-state index in [2.05, 4.69) is 19.9 Å². The summed E-state index contributed by atoms with van der Waals surface area (Å²) < 4.78 is 12.1. The minimum atomic E-state index is -0.166. The summed E-state index contributed by atoms with van der Waals surface area (Å²) in [6, 6.07) is 12.0. The summed E-state index contributed by atoms with van der Waals surface area (Å²) in [4.78, 5) is 0. The summed E-state index contributed by atoms with van der Waals surface area (Å²) in [7, 11) is 0. The van der Waals surface area contributed by atoms with Crippen LogP contribution in [0.1, 0.15) is 30.5 Å². The number of para-hydroxylation sites is 1. The molecular formula is C18H19ClO2. The Morgan fingerprint density at radius 2 is 2.05 bits per heavy atom. The van der Waals surface area contributed by atoms with Crippen LogP contribution in [0, 0.1) is 6.92 Å². The molecule has 3 rings (SSSR count). The zero-order valence-corrected chi connectivity index (χ0v) is 13.3. The van der Waals surface area contributed by atoms with Gasteiger partial charge in [0.2, 0.25) is 0 Å². The van der Waals surface area contributed by atoms with Crippen molar-refractivity contribution in [2.24, 2.45) is 0 Å². The van der Waals surface area contributed by atoms with Crippen molar-refractivity contribution in [2.75, 3.05) is 0 Å². The minimum Gasteiger partial charge on any atom is -0.483 e. The molecule has 0 saturated carbocycles. The van der Waals surface area contributed by atoms with E-state index < -0.39 is 0 Å². The third-order valence-corrected chi connectivity index (χ3v) is 4.03. The molecule has 110 valence electrons. The first-order chi connectivity index (χ1) is 9.98. The first-order valence-corrected chi connectivity index (χ1v) is 7.66. The van der Waals surface area contributed by atoms with Gasteiger partial charge in [-0.15, -0.1) is 11.6 Å². The second-order valence-corrected chi connectivity index (χ2v) is 6.37. The average molecular weight is 303 g/mol. The van der Waals surface area contributed by atoms with Gasteiger partial charge >= 0.3 is 0 Å². The molecule has 1 aliphatic heterocycles. The standard InChI is InChI=1S/C18H19ClO2/c1-12-9-15(8-7-14(12)11-19)20-16-6-4-5-13-10-18(2,3)21-17(13)16/h4-9H,10-11H2,1-3H3. The Bertz CT molecular complexity index is 677. The molecule has 0 saturated heterocycles. The van der Waals surface area contributed by atoms with Gasteiger partial charge in [-0.1, -0.05) is 18.2 Å². The lowest BCUT2D eigenvalue weighted by Gasteiger charge is -2.18. The summed E-state index contributed by atoms with van der Waals surface area (Å²) in [5.74, 6) is 2.96. The maximum absolute atomic E-state index is 6.03. The van der Waals surface area contributed by atoms with Gasteiger partial charge in [-0.3, -0.25) is 0 Å². The number of aryl methyl sites for hydroxylation is 1. The van der Waals surface area contributed by atoms with Crippen molar-refractivity contribution in [3.05, 3.63) is 53.1 Å². The monoisotopic (exact) mass is 302 g/mol. The molecule has 1 heterocycles. The number of hydrogen-bond acceptors (Lipinski definition) is 2. The van der Waals surface area contributed by atoms with E-state index in [0.29, 0.717) is 5.88 Å². The van der Waals surface area contributed by atoms with Crippen molar-refractivity contribution < 1.29 is 9.47 Å². The van der Waals surface area contributed by atoms with Crippen LogP contribution in [0.5, 0.6) is 17.2 Å². The Morgan fingerprint density at radius 1 is 1.24 bits per heavy atom. The van der Waals surface area contributed by atoms with E-state index in [1.165, 1.54) is 5.56 Å². The minimum absolute atomic E-state index is 0.166. The van der Waals surface area contributed by atoms with Crippen LogP contribution in [0.15, 0.2) is 36.4 Å². The lowest BCUT2D eigenvalue weighted by molar-refractivity contribution is 0.135. The second kappa shape index (κ2) is 5.27. The van der Waals surface area contributed by atoms with Gasteiger partial charge < -0.3 is 9.47 Å². The number of alkyl halides is 1. The molecule has 0 N–H and O–H groups in total. The predicted octanol–water partition coefficient (Wildman–Crippen LogP) is 5.24. The number of benzene rings is 2. The molecule has 2 aromatic rings. The van der Waals surface area contributed by atoms with Crippen LogP contribution in [0.2, 0.25) is 0 Å². The summed E-state index contributed by atoms with van der Waals surface area (Å²) in [5, 5.41) is 0. The molecule has 0 amide bonds. The van der Waals surface area contributed by atoms with E-state index >= 15 is 0 Å². The summed E-state index contributed by atoms with van der Waals surface area (Å²) in [5.41, 5.74) is 3.29. The maximum Gasteiger partial charge on any atom is 0.169 e. The molecule has 1 aliphatic rings. The fourth-order valence-electron chi connectivity index (χ4n) is 2.68. The van der Waals surface area contributed by atoms with Gasteiger partial charge in [0.1, 0.15) is 11.4 Å². The van der Waals surface area contributed by atoms with E-state index in [-0.39, 0.29) is 5.60 Å². The van der Waals surface area contributed by atoms with E-state index in [0.717, 1.165) is 34.8 Å². The molecule has 0 radical (unpaired) electrons. The number of rotatable bonds is 3. The molecule has 0 spiro atoms. The zero-order valence-electron chi connectivity index (χ0n) is 12.6. The highest BCUT2D eigenvalue weighted by Gasteiger charge is 2.32. The van der Waals surface area contributed by atoms with Crippen molar-refractivity contribution in [3.63, 3.8) is 0 Å². The van der Waals surface area contributed by atoms with E-state index in [9.17, 15) is 0 Å². The van der Waals surface area contributed by atoms with Crippen LogP contribution in [0.4, 0.5) is 0 Å². The van der Waals surface area contributed by atoms with Crippen molar-refractivity contribution in [1.82, 2.24) is 0 Å². The van der Waals surface area contributed by atoms with Crippen molar-refractivity contribution in [2.45, 2.75) is 38.7 Å². The van der Waals surface area contributed by atoms with Crippen LogP contribution in [0.25, 0.3) is 0 Å². The zero-order chi connectivity index (χ0) is 15.0. The number of ether oxygens (including phenoxy) is 2. The predicted molar refractivity (Wildman–Crippen MR) is 85.7 cm³/mol. The Balaban J connectivity index is 1.90. The van der Waals surface area contributed by atoms with Gasteiger partial charge in [-0.2, -0.15) is 0 Å². The first kappa shape index (κ1) is 14.3. The summed E-state index contributed by atoms with van der Waals surface area (Å²) >= 11 is 5.89. The molecule has 2 nitrogen and oxygen atoms in total. The molecule has 0 unspecified atom stereocenters. The highest BCUT2D eigenvalue weighted by atomic mass is 35.5. The van der Waals surface area contributed by atoms with Gasteiger partial charge in [0, 0.05) is 17.9 Å². The molecule has 0 aromatic heterocycles. The molecule has 2 aromatic carbocycles. The van der Waals surface area contributed by atoms with E-state index in [4.69, 9.17) is 21.1 Å². The smallest absolute Gasteiger partial charge is 0.169 e. The van der Waals surface area contributed by atoms with Crippen LogP contribution in [0.3, 0.4) is 0 Å². The lowest BCUT2D eigenvalue weighted by Crippen LogP contribution is -2.24. The van der Waals surface area contributed by atoms with Crippen LogP contribution < -0.4 is 9.47 Å². The quantitative estimate of drug-likeness (QED) is 0.722. The Labute approximate surface area is 130 Å². The third-order valence-electron chi connectivity index (χ3n) is 3.74. The van der Waals surface area contributed by atoms with Gasteiger partial charge in [0.15, 0.2) is 11.5 Å². The van der Waals surface area contributed by atoms with Gasteiger partial charge in [0.25, 0.3) is 0 Å². The van der Waals surface area contributed by atoms with Crippen LogP contribution in [-0.4, -0.2) is 5.60 Å². The Kier molecular flexibility index (Phi) is 3.58. The maximum atomic E-state index is 6.03. The number of fused-ring (bicyclic) bond motifs is 1. The summed E-state index contributed by atoms with van der Waals surface area (Å²) in [6.45, 7) is 6.23. The number of hydrogen-bond donors (Lipinski definition) is 0. The highest BCUT2D eigenvalue weighted by Crippen LogP contribution is 2.43. The molecular weight excluding hydrogens is 284 g/mol. The van der Waals surface area contributed by atoms with Crippen LogP contribution in [-0.2, 0) is 12.3 Å². The van der Waals surface area contributed by atoms with E-state index in [1.54, 1.807) is 0 Å². The largest absolute Gasteiger partial charge is 0.483 e. The fraction of sp³-hybridized carbons (Fsp3) is 0.333. The molecule has 0 aliphatic carbocycles. The molecule has 0 fully saturated rings. The van der Waals surface area contributed by atoms with Crippen molar-refractivity contribution >= 4 is 11.6 Å².